The molecule has 0 unspecified atom stereocenters. The van der Waals surface area contributed by atoms with Crippen molar-refractivity contribution in [2.45, 2.75) is 13.2 Å². The Kier molecular flexibility index (Phi) is 4.27. The average Bonchev–Trinajstić information content (AvgIpc) is 2.45. The molecule has 0 bridgehead atoms. The van der Waals surface area contributed by atoms with Crippen LogP contribution in [0.3, 0.4) is 0 Å². The summed E-state index contributed by atoms with van der Waals surface area (Å²) in [6, 6.07) is 10.4. The highest BCUT2D eigenvalue weighted by molar-refractivity contribution is 5.40. The molecule has 0 aliphatic carbocycles. The zero-order chi connectivity index (χ0) is 14.5. The summed E-state index contributed by atoms with van der Waals surface area (Å²) in [5.74, 6) is -0.00332. The van der Waals surface area contributed by atoms with Crippen molar-refractivity contribution in [2.24, 2.45) is 5.73 Å². The molecule has 0 aliphatic rings. The van der Waals surface area contributed by atoms with E-state index in [0.29, 0.717) is 12.3 Å². The molecule has 0 fully saturated rings. The number of nitro benzene ring substituents is 1. The molecular weight excluding hydrogens is 263 g/mol. The van der Waals surface area contributed by atoms with Crippen molar-refractivity contribution in [3.8, 4) is 5.75 Å². The molecular formula is C14H13FN2O3. The molecule has 0 aliphatic heterocycles. The topological polar surface area (TPSA) is 78.4 Å². The van der Waals surface area contributed by atoms with E-state index in [0.717, 1.165) is 23.8 Å². The molecule has 104 valence electrons. The molecule has 20 heavy (non-hydrogen) atoms. The highest BCUT2D eigenvalue weighted by Crippen LogP contribution is 2.22. The van der Waals surface area contributed by atoms with Crippen molar-refractivity contribution in [2.75, 3.05) is 0 Å². The Morgan fingerprint density at radius 3 is 2.75 bits per heavy atom. The standard InChI is InChI=1S/C14H13FN2O3/c15-12-4-5-14(17(18)19)11(7-12)9-20-13-3-1-2-10(6-13)8-16/h1-7H,8-9,16H2. The van der Waals surface area contributed by atoms with Crippen LogP contribution in [0.4, 0.5) is 10.1 Å². The largest absolute Gasteiger partial charge is 0.489 e. The van der Waals surface area contributed by atoms with Crippen molar-refractivity contribution in [3.05, 3.63) is 69.5 Å². The highest BCUT2D eigenvalue weighted by Gasteiger charge is 2.14. The maximum Gasteiger partial charge on any atom is 0.276 e. The number of nitrogens with zero attached hydrogens (tertiary/aromatic N) is 1. The minimum absolute atomic E-state index is 0.0813. The van der Waals surface area contributed by atoms with Gasteiger partial charge in [-0.05, 0) is 29.8 Å². The summed E-state index contributed by atoms with van der Waals surface area (Å²) in [6.45, 7) is 0.291. The third-order valence-electron chi connectivity index (χ3n) is 2.77. The van der Waals surface area contributed by atoms with Gasteiger partial charge in [-0.2, -0.15) is 0 Å². The predicted octanol–water partition coefficient (Wildman–Crippen LogP) is 2.77. The third kappa shape index (κ3) is 3.30. The molecule has 0 amide bonds. The van der Waals surface area contributed by atoms with E-state index in [1.807, 2.05) is 6.07 Å². The molecule has 0 radical (unpaired) electrons. The summed E-state index contributed by atoms with van der Waals surface area (Å²) < 4.78 is 18.6. The van der Waals surface area contributed by atoms with Gasteiger partial charge in [-0.3, -0.25) is 10.1 Å². The summed E-state index contributed by atoms with van der Waals surface area (Å²) in [7, 11) is 0. The van der Waals surface area contributed by atoms with Gasteiger partial charge < -0.3 is 10.5 Å². The molecule has 0 atom stereocenters. The first kappa shape index (κ1) is 14.0. The van der Waals surface area contributed by atoms with E-state index in [2.05, 4.69) is 0 Å². The smallest absolute Gasteiger partial charge is 0.276 e. The van der Waals surface area contributed by atoms with Gasteiger partial charge in [0.15, 0.2) is 0 Å². The second-order valence-corrected chi connectivity index (χ2v) is 4.17. The number of hydrogen-bond donors (Lipinski definition) is 1. The van der Waals surface area contributed by atoms with Crippen molar-refractivity contribution < 1.29 is 14.1 Å². The van der Waals surface area contributed by atoms with Gasteiger partial charge in [0.25, 0.3) is 5.69 Å². The molecule has 5 nitrogen and oxygen atoms in total. The van der Waals surface area contributed by atoms with Crippen molar-refractivity contribution >= 4 is 5.69 Å². The minimum atomic E-state index is -0.561. The number of ether oxygens (including phenoxy) is 1. The first-order valence-electron chi connectivity index (χ1n) is 5.95. The molecule has 0 saturated carbocycles. The maximum absolute atomic E-state index is 13.2. The molecule has 2 aromatic carbocycles. The van der Waals surface area contributed by atoms with Crippen molar-refractivity contribution in [3.63, 3.8) is 0 Å². The summed E-state index contributed by atoms with van der Waals surface area (Å²) in [4.78, 5) is 10.3. The quantitative estimate of drug-likeness (QED) is 0.672. The van der Waals surface area contributed by atoms with Crippen molar-refractivity contribution in [1.82, 2.24) is 0 Å². The van der Waals surface area contributed by atoms with E-state index < -0.39 is 10.7 Å². The van der Waals surface area contributed by atoms with Gasteiger partial charge in [-0.1, -0.05) is 12.1 Å². The predicted molar refractivity (Wildman–Crippen MR) is 71.7 cm³/mol. The van der Waals surface area contributed by atoms with Gasteiger partial charge in [-0.25, -0.2) is 4.39 Å². The van der Waals surface area contributed by atoms with Crippen LogP contribution in [0.15, 0.2) is 42.5 Å². The van der Waals surface area contributed by atoms with E-state index >= 15 is 0 Å². The van der Waals surface area contributed by atoms with E-state index in [1.54, 1.807) is 18.2 Å². The van der Waals surface area contributed by atoms with Crippen LogP contribution in [0.5, 0.6) is 5.75 Å². The fourth-order valence-electron chi connectivity index (χ4n) is 1.77. The Labute approximate surface area is 114 Å². The number of nitrogens with two attached hydrogens (primary N) is 1. The van der Waals surface area contributed by atoms with Crippen LogP contribution in [0.25, 0.3) is 0 Å². The van der Waals surface area contributed by atoms with Crippen LogP contribution in [-0.2, 0) is 13.2 Å². The fraction of sp³-hybridized carbons (Fsp3) is 0.143. The second kappa shape index (κ2) is 6.12. The van der Waals surface area contributed by atoms with Crippen LogP contribution in [0.1, 0.15) is 11.1 Å². The third-order valence-corrected chi connectivity index (χ3v) is 2.77. The van der Waals surface area contributed by atoms with Crippen LogP contribution in [0.2, 0.25) is 0 Å². The maximum atomic E-state index is 13.2. The molecule has 0 saturated heterocycles. The number of halogens is 1. The van der Waals surface area contributed by atoms with Gasteiger partial charge in [0, 0.05) is 12.6 Å². The summed E-state index contributed by atoms with van der Waals surface area (Å²) in [6.07, 6.45) is 0. The zero-order valence-electron chi connectivity index (χ0n) is 10.6. The van der Waals surface area contributed by atoms with Gasteiger partial charge >= 0.3 is 0 Å². The lowest BCUT2D eigenvalue weighted by atomic mass is 10.2. The Balaban J connectivity index is 2.17. The van der Waals surface area contributed by atoms with E-state index in [1.165, 1.54) is 0 Å². The molecule has 2 N–H and O–H groups in total. The SMILES string of the molecule is NCc1cccc(OCc2cc(F)ccc2[N+](=O)[O-])c1. The Morgan fingerprint density at radius 1 is 1.25 bits per heavy atom. The number of hydrogen-bond acceptors (Lipinski definition) is 4. The van der Waals surface area contributed by atoms with Gasteiger partial charge in [0.1, 0.15) is 18.2 Å². The van der Waals surface area contributed by atoms with Gasteiger partial charge in [0.05, 0.1) is 10.5 Å². The molecule has 0 aromatic heterocycles. The normalized spacial score (nSPS) is 10.3. The molecule has 0 spiro atoms. The number of benzene rings is 2. The first-order valence-corrected chi connectivity index (χ1v) is 5.95. The van der Waals surface area contributed by atoms with Crippen LogP contribution in [-0.4, -0.2) is 4.92 Å². The van der Waals surface area contributed by atoms with Gasteiger partial charge in [-0.15, -0.1) is 0 Å². The van der Waals surface area contributed by atoms with Gasteiger partial charge in [0.2, 0.25) is 0 Å². The molecule has 6 heteroatoms. The second-order valence-electron chi connectivity index (χ2n) is 4.17. The minimum Gasteiger partial charge on any atom is -0.489 e. The lowest BCUT2D eigenvalue weighted by Crippen LogP contribution is -2.02. The van der Waals surface area contributed by atoms with E-state index in [9.17, 15) is 14.5 Å². The average molecular weight is 276 g/mol. The monoisotopic (exact) mass is 276 g/mol. The zero-order valence-corrected chi connectivity index (χ0v) is 10.6. The summed E-state index contributed by atoms with van der Waals surface area (Å²) >= 11 is 0. The Hall–Kier alpha value is -2.47. The Bertz CT molecular complexity index is 632. The molecule has 0 heterocycles. The number of rotatable bonds is 5. The fourth-order valence-corrected chi connectivity index (χ4v) is 1.77. The summed E-state index contributed by atoms with van der Waals surface area (Å²) in [5, 5.41) is 10.9. The van der Waals surface area contributed by atoms with E-state index in [4.69, 9.17) is 10.5 Å². The first-order chi connectivity index (χ1) is 9.60. The van der Waals surface area contributed by atoms with E-state index in [-0.39, 0.29) is 17.9 Å². The lowest BCUT2D eigenvalue weighted by Gasteiger charge is -2.08. The van der Waals surface area contributed by atoms with Crippen LogP contribution in [0, 0.1) is 15.9 Å². The highest BCUT2D eigenvalue weighted by atomic mass is 19.1. The number of nitro groups is 1. The van der Waals surface area contributed by atoms with Crippen molar-refractivity contribution in [1.29, 1.82) is 0 Å². The molecule has 2 aromatic rings. The Morgan fingerprint density at radius 2 is 2.05 bits per heavy atom. The van der Waals surface area contributed by atoms with Crippen LogP contribution >= 0.6 is 0 Å². The molecule has 2 rings (SSSR count). The van der Waals surface area contributed by atoms with Crippen LogP contribution < -0.4 is 10.5 Å². The summed E-state index contributed by atoms with van der Waals surface area (Å²) in [5.41, 5.74) is 6.42. The lowest BCUT2D eigenvalue weighted by molar-refractivity contribution is -0.385.